The summed E-state index contributed by atoms with van der Waals surface area (Å²) in [5, 5.41) is 0. The van der Waals surface area contributed by atoms with Crippen LogP contribution in [0.2, 0.25) is 0 Å². The highest BCUT2D eigenvalue weighted by atomic mass is 16.5. The minimum Gasteiger partial charge on any atom is -0.496 e. The number of carbonyl (C=O) groups excluding carboxylic acids is 1. The maximum Gasteiger partial charge on any atom is 0.253 e. The minimum absolute atomic E-state index is 0.0592. The lowest BCUT2D eigenvalue weighted by molar-refractivity contribution is 0.0596. The fourth-order valence-electron chi connectivity index (χ4n) is 3.84. The zero-order valence-electron chi connectivity index (χ0n) is 16.1. The molecular formula is C24H21N3O2. The van der Waals surface area contributed by atoms with Crippen molar-refractivity contribution in [3.63, 3.8) is 0 Å². The maximum absolute atomic E-state index is 12.8. The number of likely N-dealkylation sites (tertiary alicyclic amines) is 1. The fraction of sp³-hybridized carbons (Fsp3) is 0.167. The summed E-state index contributed by atoms with van der Waals surface area (Å²) in [6.07, 6.45) is 0. The maximum atomic E-state index is 12.8. The molecule has 5 nitrogen and oxygen atoms in total. The second-order valence-corrected chi connectivity index (χ2v) is 7.32. The molecule has 4 aromatic rings. The lowest BCUT2D eigenvalue weighted by Crippen LogP contribution is -2.48. The van der Waals surface area contributed by atoms with Gasteiger partial charge in [-0.05, 0) is 35.9 Å². The number of hydrogen-bond acceptors (Lipinski definition) is 3. The van der Waals surface area contributed by atoms with E-state index in [9.17, 15) is 4.79 Å². The van der Waals surface area contributed by atoms with E-state index in [0.717, 1.165) is 33.7 Å². The Labute approximate surface area is 169 Å². The van der Waals surface area contributed by atoms with Crippen molar-refractivity contribution in [1.82, 2.24) is 14.9 Å². The van der Waals surface area contributed by atoms with Crippen LogP contribution in [0.3, 0.4) is 0 Å². The first-order valence-electron chi connectivity index (χ1n) is 9.70. The van der Waals surface area contributed by atoms with Crippen LogP contribution >= 0.6 is 0 Å². The van der Waals surface area contributed by atoms with Gasteiger partial charge in [-0.15, -0.1) is 0 Å². The monoisotopic (exact) mass is 383 g/mol. The first kappa shape index (κ1) is 17.5. The van der Waals surface area contributed by atoms with Crippen molar-refractivity contribution in [1.29, 1.82) is 0 Å². The predicted octanol–water partition coefficient (Wildman–Crippen LogP) is 4.48. The molecular weight excluding hydrogens is 362 g/mol. The third-order valence-electron chi connectivity index (χ3n) is 5.51. The summed E-state index contributed by atoms with van der Waals surface area (Å²) in [7, 11) is 1.67. The number of aromatic amines is 1. The Hall–Kier alpha value is -3.60. The summed E-state index contributed by atoms with van der Waals surface area (Å²) in [5.74, 6) is 2.10. The molecule has 29 heavy (non-hydrogen) atoms. The number of nitrogens with one attached hydrogen (secondary N) is 1. The molecule has 0 radical (unpaired) electrons. The van der Waals surface area contributed by atoms with E-state index in [-0.39, 0.29) is 11.8 Å². The Bertz CT molecular complexity index is 1140. The molecule has 0 spiro atoms. The number of carbonyl (C=O) groups is 1. The van der Waals surface area contributed by atoms with Crippen molar-refractivity contribution in [2.45, 2.75) is 5.92 Å². The van der Waals surface area contributed by atoms with Gasteiger partial charge in [-0.3, -0.25) is 4.79 Å². The van der Waals surface area contributed by atoms with Gasteiger partial charge in [0.25, 0.3) is 5.91 Å². The standard InChI is InChI=1S/C24H21N3O2/c1-29-22-9-5-2-6-19(22)16-10-12-17(13-11-16)24(28)27-14-18(15-27)23-25-20-7-3-4-8-21(20)26-23/h2-13,18H,14-15H2,1H3,(H,25,26). The lowest BCUT2D eigenvalue weighted by atomic mass is 9.97. The minimum atomic E-state index is 0.0592. The number of H-pyrrole nitrogens is 1. The molecule has 1 aliphatic rings. The molecule has 0 saturated carbocycles. The quantitative estimate of drug-likeness (QED) is 0.565. The van der Waals surface area contributed by atoms with Crippen LogP contribution < -0.4 is 4.74 Å². The van der Waals surface area contributed by atoms with Crippen LogP contribution in [0.1, 0.15) is 22.1 Å². The number of ether oxygens (including phenoxy) is 1. The van der Waals surface area contributed by atoms with Gasteiger partial charge in [-0.25, -0.2) is 4.98 Å². The van der Waals surface area contributed by atoms with Crippen molar-refractivity contribution in [2.24, 2.45) is 0 Å². The van der Waals surface area contributed by atoms with Crippen LogP contribution in [-0.2, 0) is 0 Å². The molecule has 1 aliphatic heterocycles. The summed E-state index contributed by atoms with van der Waals surface area (Å²) in [6.45, 7) is 1.37. The average molecular weight is 383 g/mol. The number of para-hydroxylation sites is 3. The highest BCUT2D eigenvalue weighted by Crippen LogP contribution is 2.31. The molecule has 1 amide bonds. The van der Waals surface area contributed by atoms with Crippen LogP contribution in [0.15, 0.2) is 72.8 Å². The van der Waals surface area contributed by atoms with Gasteiger partial charge in [0.05, 0.1) is 24.1 Å². The van der Waals surface area contributed by atoms with E-state index in [2.05, 4.69) is 9.97 Å². The number of hydrogen-bond donors (Lipinski definition) is 1. The number of benzene rings is 3. The normalized spacial score (nSPS) is 14.0. The van der Waals surface area contributed by atoms with Gasteiger partial charge in [0.1, 0.15) is 11.6 Å². The van der Waals surface area contributed by atoms with Crippen molar-refractivity contribution in [2.75, 3.05) is 20.2 Å². The van der Waals surface area contributed by atoms with Crippen molar-refractivity contribution >= 4 is 16.9 Å². The van der Waals surface area contributed by atoms with Gasteiger partial charge < -0.3 is 14.6 Å². The largest absolute Gasteiger partial charge is 0.496 e. The van der Waals surface area contributed by atoms with Gasteiger partial charge in [0.2, 0.25) is 0 Å². The van der Waals surface area contributed by atoms with E-state index >= 15 is 0 Å². The summed E-state index contributed by atoms with van der Waals surface area (Å²) in [6, 6.07) is 23.6. The average Bonchev–Trinajstić information content (AvgIpc) is 3.16. The number of amides is 1. The van der Waals surface area contributed by atoms with Crippen LogP contribution in [0.4, 0.5) is 0 Å². The van der Waals surface area contributed by atoms with Crippen LogP contribution in [0.5, 0.6) is 5.75 Å². The number of rotatable bonds is 4. The molecule has 5 heteroatoms. The topological polar surface area (TPSA) is 58.2 Å². The van der Waals surface area contributed by atoms with Crippen molar-refractivity contribution < 1.29 is 9.53 Å². The first-order valence-corrected chi connectivity index (χ1v) is 9.70. The lowest BCUT2D eigenvalue weighted by Gasteiger charge is -2.38. The van der Waals surface area contributed by atoms with Gasteiger partial charge >= 0.3 is 0 Å². The van der Waals surface area contributed by atoms with Crippen molar-refractivity contribution in [3.05, 3.63) is 84.2 Å². The number of nitrogens with zero attached hydrogens (tertiary/aromatic N) is 2. The summed E-state index contributed by atoms with van der Waals surface area (Å²) >= 11 is 0. The first-order chi connectivity index (χ1) is 14.2. The number of imidazole rings is 1. The molecule has 0 unspecified atom stereocenters. The summed E-state index contributed by atoms with van der Waals surface area (Å²) in [5.41, 5.74) is 4.76. The SMILES string of the molecule is COc1ccccc1-c1ccc(C(=O)N2CC(c3nc4ccccc4[nH]3)C2)cc1. The molecule has 1 N–H and O–H groups in total. The molecule has 144 valence electrons. The molecule has 1 aromatic heterocycles. The molecule has 1 saturated heterocycles. The van der Waals surface area contributed by atoms with E-state index in [4.69, 9.17) is 4.74 Å². The van der Waals surface area contributed by atoms with E-state index in [1.54, 1.807) is 7.11 Å². The summed E-state index contributed by atoms with van der Waals surface area (Å²) < 4.78 is 5.43. The van der Waals surface area contributed by atoms with E-state index in [1.807, 2.05) is 77.7 Å². The second-order valence-electron chi connectivity index (χ2n) is 7.32. The number of aromatic nitrogens is 2. The smallest absolute Gasteiger partial charge is 0.253 e. The van der Waals surface area contributed by atoms with Crippen LogP contribution in [0, 0.1) is 0 Å². The van der Waals surface area contributed by atoms with Gasteiger partial charge in [-0.2, -0.15) is 0 Å². The number of fused-ring (bicyclic) bond motifs is 1. The Morgan fingerprint density at radius 3 is 2.48 bits per heavy atom. The van der Waals surface area contributed by atoms with Gasteiger partial charge in [-0.1, -0.05) is 42.5 Å². The molecule has 2 heterocycles. The van der Waals surface area contributed by atoms with E-state index < -0.39 is 0 Å². The third kappa shape index (κ3) is 3.14. The highest BCUT2D eigenvalue weighted by Gasteiger charge is 2.34. The van der Waals surface area contributed by atoms with Crippen molar-refractivity contribution in [3.8, 4) is 16.9 Å². The molecule has 0 bridgehead atoms. The summed E-state index contributed by atoms with van der Waals surface area (Å²) in [4.78, 5) is 22.7. The molecule has 1 fully saturated rings. The Morgan fingerprint density at radius 1 is 1.00 bits per heavy atom. The Kier molecular flexibility index (Phi) is 4.28. The van der Waals surface area contributed by atoms with Crippen LogP contribution in [-0.4, -0.2) is 41.0 Å². The molecule has 0 atom stereocenters. The second kappa shape index (κ2) is 7.09. The Morgan fingerprint density at radius 2 is 1.72 bits per heavy atom. The third-order valence-corrected chi connectivity index (χ3v) is 5.51. The molecule has 5 rings (SSSR count). The van der Waals surface area contributed by atoms with Gasteiger partial charge in [0, 0.05) is 24.2 Å². The Balaban J connectivity index is 1.28. The number of methoxy groups -OCH3 is 1. The van der Waals surface area contributed by atoms with E-state index in [0.29, 0.717) is 18.7 Å². The highest BCUT2D eigenvalue weighted by molar-refractivity contribution is 5.95. The zero-order valence-corrected chi connectivity index (χ0v) is 16.1. The van der Waals surface area contributed by atoms with Crippen LogP contribution in [0.25, 0.3) is 22.2 Å². The predicted molar refractivity (Wildman–Crippen MR) is 113 cm³/mol. The molecule has 3 aromatic carbocycles. The molecule has 0 aliphatic carbocycles. The van der Waals surface area contributed by atoms with Gasteiger partial charge in [0.15, 0.2) is 0 Å². The van der Waals surface area contributed by atoms with E-state index in [1.165, 1.54) is 0 Å². The fourth-order valence-corrected chi connectivity index (χ4v) is 3.84. The zero-order chi connectivity index (χ0) is 19.8.